The van der Waals surface area contributed by atoms with Gasteiger partial charge in [0.15, 0.2) is 0 Å². The van der Waals surface area contributed by atoms with Gasteiger partial charge in [0.05, 0.1) is 6.42 Å². The van der Waals surface area contributed by atoms with E-state index < -0.39 is 5.97 Å². The predicted molar refractivity (Wildman–Crippen MR) is 65.4 cm³/mol. The molecular formula is C12H12BN2O2. The lowest BCUT2D eigenvalue weighted by Crippen LogP contribution is -2.33. The zero-order chi connectivity index (χ0) is 11.8. The van der Waals surface area contributed by atoms with E-state index in [4.69, 9.17) is 5.11 Å². The molecule has 0 spiro atoms. The Kier molecular flexibility index (Phi) is 2.32. The molecule has 85 valence electrons. The number of carboxylic acid groups (broad SMARTS) is 1. The van der Waals surface area contributed by atoms with Crippen LogP contribution < -0.4 is 0 Å². The third-order valence-corrected chi connectivity index (χ3v) is 3.10. The number of aromatic nitrogens is 1. The van der Waals surface area contributed by atoms with E-state index in [0.29, 0.717) is 6.42 Å². The summed E-state index contributed by atoms with van der Waals surface area (Å²) in [6.45, 7) is 0.891. The lowest BCUT2D eigenvalue weighted by Gasteiger charge is -2.26. The van der Waals surface area contributed by atoms with Gasteiger partial charge in [-0.15, -0.1) is 0 Å². The molecule has 2 aliphatic heterocycles. The molecule has 1 radical (unpaired) electrons. The van der Waals surface area contributed by atoms with Gasteiger partial charge in [-0.05, 0) is 30.7 Å². The van der Waals surface area contributed by atoms with Gasteiger partial charge in [-0.3, -0.25) is 4.79 Å². The molecule has 3 rings (SSSR count). The van der Waals surface area contributed by atoms with E-state index >= 15 is 0 Å². The van der Waals surface area contributed by atoms with Gasteiger partial charge < -0.3 is 14.4 Å². The van der Waals surface area contributed by atoms with E-state index in [2.05, 4.69) is 27.5 Å². The predicted octanol–water partition coefficient (Wildman–Crippen LogP) is 1.11. The minimum absolute atomic E-state index is 0.173. The number of aliphatic carboxylic acids is 1. The first-order valence-electron chi connectivity index (χ1n) is 5.66. The zero-order valence-corrected chi connectivity index (χ0v) is 9.34. The highest BCUT2D eigenvalue weighted by molar-refractivity contribution is 6.33. The molecule has 5 heteroatoms. The van der Waals surface area contributed by atoms with E-state index in [1.54, 1.807) is 0 Å². The van der Waals surface area contributed by atoms with Gasteiger partial charge in [-0.1, -0.05) is 6.08 Å². The first kappa shape index (κ1) is 10.3. The third kappa shape index (κ3) is 1.77. The van der Waals surface area contributed by atoms with Gasteiger partial charge in [-0.25, -0.2) is 0 Å². The van der Waals surface area contributed by atoms with Crippen LogP contribution in [0.3, 0.4) is 0 Å². The van der Waals surface area contributed by atoms with Crippen LogP contribution in [0.15, 0.2) is 30.0 Å². The van der Waals surface area contributed by atoms with Crippen LogP contribution in [-0.4, -0.2) is 34.5 Å². The molecule has 3 heterocycles. The van der Waals surface area contributed by atoms with Crippen molar-refractivity contribution < 1.29 is 9.90 Å². The first-order valence-corrected chi connectivity index (χ1v) is 5.66. The van der Waals surface area contributed by atoms with Crippen molar-refractivity contribution in [2.24, 2.45) is 0 Å². The molecule has 17 heavy (non-hydrogen) atoms. The van der Waals surface area contributed by atoms with Crippen molar-refractivity contribution in [1.29, 1.82) is 0 Å². The van der Waals surface area contributed by atoms with Crippen LogP contribution in [0.1, 0.15) is 17.8 Å². The molecule has 0 saturated heterocycles. The summed E-state index contributed by atoms with van der Waals surface area (Å²) in [6, 6.07) is 4.03. The second kappa shape index (κ2) is 3.84. The number of nitrogens with zero attached hydrogens (tertiary/aromatic N) is 2. The Morgan fingerprint density at radius 3 is 3.18 bits per heavy atom. The molecular weight excluding hydrogens is 215 g/mol. The van der Waals surface area contributed by atoms with E-state index in [0.717, 1.165) is 17.9 Å². The number of carbonyl (C=O) groups is 1. The van der Waals surface area contributed by atoms with Crippen molar-refractivity contribution in [2.75, 3.05) is 6.54 Å². The minimum atomic E-state index is -0.754. The minimum Gasteiger partial charge on any atom is -0.481 e. The van der Waals surface area contributed by atoms with Gasteiger partial charge in [-0.2, -0.15) is 0 Å². The monoisotopic (exact) mass is 227 g/mol. The Labute approximate surface area is 100 Å². The highest BCUT2D eigenvalue weighted by Gasteiger charge is 2.22. The van der Waals surface area contributed by atoms with Crippen molar-refractivity contribution in [1.82, 2.24) is 9.29 Å². The Morgan fingerprint density at radius 1 is 1.47 bits per heavy atom. The van der Waals surface area contributed by atoms with Crippen molar-refractivity contribution in [3.63, 3.8) is 0 Å². The summed E-state index contributed by atoms with van der Waals surface area (Å²) in [4.78, 5) is 12.7. The van der Waals surface area contributed by atoms with E-state index in [9.17, 15) is 4.79 Å². The van der Waals surface area contributed by atoms with Crippen molar-refractivity contribution in [3.05, 3.63) is 41.4 Å². The molecule has 2 aliphatic rings. The first-order chi connectivity index (χ1) is 8.24. The van der Waals surface area contributed by atoms with Crippen LogP contribution in [0.2, 0.25) is 0 Å². The largest absolute Gasteiger partial charge is 0.481 e. The maximum absolute atomic E-state index is 10.6. The summed E-state index contributed by atoms with van der Waals surface area (Å²) in [6.07, 6.45) is 7.08. The molecule has 0 unspecified atom stereocenters. The van der Waals surface area contributed by atoms with Crippen molar-refractivity contribution in [2.45, 2.75) is 12.8 Å². The number of hydrogen-bond donors (Lipinski definition) is 1. The Morgan fingerprint density at radius 2 is 2.35 bits per heavy atom. The molecule has 1 aromatic rings. The molecule has 4 nitrogen and oxygen atoms in total. The van der Waals surface area contributed by atoms with Gasteiger partial charge in [0.1, 0.15) is 0 Å². The molecule has 0 amide bonds. The van der Waals surface area contributed by atoms with Gasteiger partial charge >= 0.3 is 13.5 Å². The van der Waals surface area contributed by atoms with Crippen LogP contribution in [0.5, 0.6) is 0 Å². The number of rotatable bonds is 3. The molecule has 1 aromatic heterocycles. The molecule has 0 aliphatic carbocycles. The fraction of sp³-hybridized carbons (Fsp3) is 0.250. The Hall–Kier alpha value is -1.91. The summed E-state index contributed by atoms with van der Waals surface area (Å²) in [7, 11) is 2.04. The van der Waals surface area contributed by atoms with Crippen LogP contribution in [-0.2, 0) is 11.2 Å². The van der Waals surface area contributed by atoms with E-state index in [-0.39, 0.29) is 6.42 Å². The van der Waals surface area contributed by atoms with E-state index in [1.807, 2.05) is 19.7 Å². The second-order valence-corrected chi connectivity index (χ2v) is 4.25. The number of allylic oxidation sites excluding steroid dienone is 1. The lowest BCUT2D eigenvalue weighted by atomic mass is 10.0. The lowest BCUT2D eigenvalue weighted by molar-refractivity contribution is -0.136. The molecule has 0 saturated carbocycles. The summed E-state index contributed by atoms with van der Waals surface area (Å²) in [5.74, 6) is -0.754. The average Bonchev–Trinajstić information content (AvgIpc) is 2.88. The van der Waals surface area contributed by atoms with Crippen LogP contribution in [0.4, 0.5) is 0 Å². The molecule has 0 bridgehead atoms. The van der Waals surface area contributed by atoms with Crippen molar-refractivity contribution in [3.8, 4) is 0 Å². The number of carboxylic acids is 1. The highest BCUT2D eigenvalue weighted by atomic mass is 16.4. The number of aryl methyl sites for hydroxylation is 1. The molecule has 0 aromatic carbocycles. The summed E-state index contributed by atoms with van der Waals surface area (Å²) in [5, 5.41) is 8.71. The molecule has 1 N–H and O–H groups in total. The smallest absolute Gasteiger partial charge is 0.396 e. The molecule has 0 atom stereocenters. The summed E-state index contributed by atoms with van der Waals surface area (Å²) >= 11 is 0. The SMILES string of the molecule is O=C(O)CCc1ccc2n1[B]N1CC=CC1=C2. The van der Waals surface area contributed by atoms with E-state index in [1.165, 1.54) is 5.70 Å². The fourth-order valence-corrected chi connectivity index (χ4v) is 2.23. The molecule has 0 fully saturated rings. The Balaban J connectivity index is 1.87. The normalized spacial score (nSPS) is 16.2. The van der Waals surface area contributed by atoms with Gasteiger partial charge in [0.25, 0.3) is 0 Å². The zero-order valence-electron chi connectivity index (χ0n) is 9.34. The summed E-state index contributed by atoms with van der Waals surface area (Å²) < 4.78 is 2.07. The number of hydrogen-bond acceptors (Lipinski definition) is 2. The van der Waals surface area contributed by atoms with Crippen LogP contribution in [0, 0.1) is 0 Å². The van der Waals surface area contributed by atoms with Crippen LogP contribution >= 0.6 is 0 Å². The topological polar surface area (TPSA) is 45.5 Å². The standard InChI is InChI=1S/C12H12BN2O2/c16-12(17)6-5-9-3-4-11-8-10-2-1-7-14(10)13-15(9)11/h1-4,8H,5-7H2,(H,16,17). The summed E-state index contributed by atoms with van der Waals surface area (Å²) in [5.41, 5.74) is 3.35. The van der Waals surface area contributed by atoms with Crippen molar-refractivity contribution >= 4 is 19.6 Å². The van der Waals surface area contributed by atoms with Gasteiger partial charge in [0, 0.05) is 23.6 Å². The maximum Gasteiger partial charge on any atom is 0.396 e. The third-order valence-electron chi connectivity index (χ3n) is 3.10. The highest BCUT2D eigenvalue weighted by Crippen LogP contribution is 2.24. The Bertz CT molecular complexity index is 531. The fourth-order valence-electron chi connectivity index (χ4n) is 2.23. The average molecular weight is 227 g/mol. The number of fused-ring (bicyclic) bond motifs is 2. The second-order valence-electron chi connectivity index (χ2n) is 4.25. The van der Waals surface area contributed by atoms with Crippen LogP contribution in [0.25, 0.3) is 6.08 Å². The van der Waals surface area contributed by atoms with Gasteiger partial charge in [0.2, 0.25) is 0 Å². The quantitative estimate of drug-likeness (QED) is 0.787. The maximum atomic E-state index is 10.6.